The first-order valence-electron chi connectivity index (χ1n) is 15.7. The number of aryl methyl sites for hydroxylation is 1. The Bertz CT molecular complexity index is 1840. The lowest BCUT2D eigenvalue weighted by atomic mass is 9.47. The molecule has 0 unspecified atom stereocenters. The maximum atomic E-state index is 14.6. The largest absolute Gasteiger partial charge is 0.274 e. The molecule has 0 radical (unpaired) electrons. The fraction of sp³-hybridized carbons (Fsp3) is 0.324. The molecule has 44 heavy (non-hydrogen) atoms. The molecule has 7 aliphatic carbocycles. The van der Waals surface area contributed by atoms with Crippen LogP contribution >= 0.6 is 0 Å². The minimum absolute atomic E-state index is 0.0952. The molecule has 9 aliphatic rings. The summed E-state index contributed by atoms with van der Waals surface area (Å²) in [4.78, 5) is 58.1. The van der Waals surface area contributed by atoms with Gasteiger partial charge in [0.15, 0.2) is 0 Å². The highest BCUT2D eigenvalue weighted by Crippen LogP contribution is 2.66. The minimum Gasteiger partial charge on any atom is -0.274 e. The quantitative estimate of drug-likeness (QED) is 0.258. The van der Waals surface area contributed by atoms with Gasteiger partial charge in [0.05, 0.1) is 34.8 Å². The Balaban J connectivity index is 1.15. The smallest absolute Gasteiger partial charge is 0.254 e. The lowest BCUT2D eigenvalue weighted by Gasteiger charge is -2.52. The Morgan fingerprint density at radius 3 is 1.86 bits per heavy atom. The van der Waals surface area contributed by atoms with Gasteiger partial charge in [-0.15, -0.1) is 0 Å². The van der Waals surface area contributed by atoms with Crippen molar-refractivity contribution >= 4 is 35.5 Å². The maximum Gasteiger partial charge on any atom is 0.254 e. The van der Waals surface area contributed by atoms with Gasteiger partial charge in [0.2, 0.25) is 11.8 Å². The second-order valence-electron chi connectivity index (χ2n) is 13.8. The third-order valence-electron chi connectivity index (χ3n) is 12.0. The molecule has 7 nitrogen and oxygen atoms in total. The number of allylic oxidation sites excluding steroid dienone is 2. The maximum absolute atomic E-state index is 14.6. The summed E-state index contributed by atoms with van der Waals surface area (Å²) in [5, 5.41) is 5.86. The summed E-state index contributed by atoms with van der Waals surface area (Å²) in [6, 6.07) is 23.4. The number of amides is 4. The molecule has 8 atom stereocenters. The normalized spacial score (nSPS) is 38.2. The molecule has 4 amide bonds. The molecule has 2 aliphatic heterocycles. The van der Waals surface area contributed by atoms with Crippen LogP contribution in [0.2, 0.25) is 0 Å². The first-order valence-corrected chi connectivity index (χ1v) is 15.7. The van der Waals surface area contributed by atoms with Crippen molar-refractivity contribution in [3.63, 3.8) is 0 Å². The standard InChI is InChI=1S/C37H29N3O4/c1-18-10-12-19(13-11-18)39-33(41)31-28-22-6-2-4-8-26(22)37(32(31)36(39)44,27-9-5-3-7-23(27)28)17-38-40-34(42)29-20-14-15-21(25-16-24(20)25)30(29)35(40)43/h2-15,17,20-21,24-25,28-32H,16H2,1H3/b38-17-/t20-,21-,24-,25+,28?,29-,30+,31+,32-,37?/m0/s1. The van der Waals surface area contributed by atoms with Gasteiger partial charge >= 0.3 is 0 Å². The Morgan fingerprint density at radius 2 is 1.27 bits per heavy atom. The first-order chi connectivity index (χ1) is 21.4. The van der Waals surface area contributed by atoms with Gasteiger partial charge in [0.1, 0.15) is 0 Å². The number of hydrogen-bond donors (Lipinski definition) is 0. The molecule has 3 aromatic carbocycles. The Morgan fingerprint density at radius 1 is 0.705 bits per heavy atom. The first kappa shape index (κ1) is 24.8. The second-order valence-corrected chi connectivity index (χ2v) is 13.8. The van der Waals surface area contributed by atoms with E-state index in [0.29, 0.717) is 17.5 Å². The molecule has 3 aromatic rings. The van der Waals surface area contributed by atoms with Crippen LogP contribution < -0.4 is 4.90 Å². The van der Waals surface area contributed by atoms with Gasteiger partial charge in [-0.3, -0.25) is 19.2 Å². The predicted molar refractivity (Wildman–Crippen MR) is 161 cm³/mol. The summed E-state index contributed by atoms with van der Waals surface area (Å²) in [7, 11) is 0. The molecule has 7 heteroatoms. The SMILES string of the molecule is Cc1ccc(N2C(=O)[C@@H]3C4c5ccccc5C(/C=N\N5C(=O)[C@@H]6[C@H]7C=C[C@@H]([C@@H]8C[C@H]78)[C@@H]6C5=O)(c5ccccc54)[C@@H]3C2=O)cc1. The van der Waals surface area contributed by atoms with E-state index in [1.54, 1.807) is 6.21 Å². The Hall–Kier alpha value is -4.65. The number of imide groups is 2. The molecule has 0 spiro atoms. The molecule has 4 bridgehead atoms. The lowest BCUT2D eigenvalue weighted by molar-refractivity contribution is -0.140. The van der Waals surface area contributed by atoms with E-state index in [1.165, 1.54) is 4.90 Å². The van der Waals surface area contributed by atoms with E-state index in [9.17, 15) is 19.2 Å². The highest BCUT2D eigenvalue weighted by molar-refractivity contribution is 6.25. The van der Waals surface area contributed by atoms with Gasteiger partial charge in [-0.05, 0) is 71.4 Å². The van der Waals surface area contributed by atoms with Crippen molar-refractivity contribution in [1.82, 2.24) is 5.01 Å². The van der Waals surface area contributed by atoms with Crippen LogP contribution in [0.15, 0.2) is 90.0 Å². The monoisotopic (exact) mass is 579 g/mol. The molecule has 2 heterocycles. The molecule has 2 saturated carbocycles. The van der Waals surface area contributed by atoms with Crippen LogP contribution in [0, 0.1) is 54.3 Å². The number of anilines is 1. The van der Waals surface area contributed by atoms with Crippen LogP contribution in [-0.2, 0) is 24.6 Å². The zero-order chi connectivity index (χ0) is 29.6. The number of nitrogens with zero attached hydrogens (tertiary/aromatic N) is 3. The number of benzene rings is 3. The third-order valence-corrected chi connectivity index (χ3v) is 12.0. The molecule has 216 valence electrons. The van der Waals surface area contributed by atoms with E-state index >= 15 is 0 Å². The predicted octanol–water partition coefficient (Wildman–Crippen LogP) is 4.58. The van der Waals surface area contributed by atoms with Gasteiger partial charge in [0, 0.05) is 12.1 Å². The number of rotatable bonds is 3. The van der Waals surface area contributed by atoms with Crippen LogP contribution in [0.4, 0.5) is 5.69 Å². The number of hydrazone groups is 1. The Labute approximate surface area is 254 Å². The average molecular weight is 580 g/mol. The molecule has 4 fully saturated rings. The summed E-state index contributed by atoms with van der Waals surface area (Å²) < 4.78 is 0. The van der Waals surface area contributed by atoms with Gasteiger partial charge in [-0.2, -0.15) is 10.1 Å². The number of carbonyl (C=O) groups excluding carboxylic acids is 4. The van der Waals surface area contributed by atoms with E-state index < -0.39 is 17.3 Å². The molecule has 0 N–H and O–H groups in total. The highest BCUT2D eigenvalue weighted by Gasteiger charge is 2.69. The van der Waals surface area contributed by atoms with Gasteiger partial charge in [0.25, 0.3) is 11.8 Å². The van der Waals surface area contributed by atoms with E-state index in [4.69, 9.17) is 5.10 Å². The summed E-state index contributed by atoms with van der Waals surface area (Å²) in [6.45, 7) is 1.97. The van der Waals surface area contributed by atoms with E-state index in [1.807, 2.05) is 79.7 Å². The zero-order valence-corrected chi connectivity index (χ0v) is 24.0. The van der Waals surface area contributed by atoms with Crippen LogP contribution in [0.1, 0.15) is 40.2 Å². The van der Waals surface area contributed by atoms with Crippen molar-refractivity contribution in [3.05, 3.63) is 113 Å². The third kappa shape index (κ3) is 2.73. The lowest BCUT2D eigenvalue weighted by Crippen LogP contribution is -2.55. The fourth-order valence-corrected chi connectivity index (χ4v) is 10.2. The summed E-state index contributed by atoms with van der Waals surface area (Å²) in [5.74, 6) is -2.23. The van der Waals surface area contributed by atoms with E-state index in [0.717, 1.165) is 39.2 Å². The average Bonchev–Trinajstić information content (AvgIpc) is 3.78. The molecule has 12 rings (SSSR count). The molecular weight excluding hydrogens is 550 g/mol. The van der Waals surface area contributed by atoms with Crippen LogP contribution in [0.3, 0.4) is 0 Å². The molecule has 2 saturated heterocycles. The summed E-state index contributed by atoms with van der Waals surface area (Å²) in [6.07, 6.45) is 7.07. The topological polar surface area (TPSA) is 87.1 Å². The van der Waals surface area contributed by atoms with Crippen LogP contribution in [-0.4, -0.2) is 34.9 Å². The minimum atomic E-state index is -1.13. The van der Waals surface area contributed by atoms with Crippen molar-refractivity contribution in [2.45, 2.75) is 24.7 Å². The van der Waals surface area contributed by atoms with E-state index in [-0.39, 0.29) is 53.2 Å². The van der Waals surface area contributed by atoms with Crippen molar-refractivity contribution in [1.29, 1.82) is 0 Å². The van der Waals surface area contributed by atoms with Crippen molar-refractivity contribution in [2.24, 2.45) is 52.4 Å². The highest BCUT2D eigenvalue weighted by atomic mass is 16.2. The number of hydrogen-bond acceptors (Lipinski definition) is 5. The number of carbonyl (C=O) groups is 4. The van der Waals surface area contributed by atoms with E-state index in [2.05, 4.69) is 12.2 Å². The van der Waals surface area contributed by atoms with Gasteiger partial charge in [-0.25, -0.2) is 4.90 Å². The summed E-state index contributed by atoms with van der Waals surface area (Å²) >= 11 is 0. The van der Waals surface area contributed by atoms with Crippen molar-refractivity contribution in [3.8, 4) is 0 Å². The zero-order valence-electron chi connectivity index (χ0n) is 24.0. The summed E-state index contributed by atoms with van der Waals surface area (Å²) in [5.41, 5.74) is 4.24. The fourth-order valence-electron chi connectivity index (χ4n) is 10.2. The van der Waals surface area contributed by atoms with Crippen LogP contribution in [0.25, 0.3) is 0 Å². The molecular formula is C37H29N3O4. The molecule has 0 aromatic heterocycles. The Kier molecular flexibility index (Phi) is 4.55. The van der Waals surface area contributed by atoms with Crippen molar-refractivity contribution < 1.29 is 19.2 Å². The van der Waals surface area contributed by atoms with Crippen LogP contribution in [0.5, 0.6) is 0 Å². The van der Waals surface area contributed by atoms with Crippen molar-refractivity contribution in [2.75, 3.05) is 4.90 Å². The van der Waals surface area contributed by atoms with Gasteiger partial charge in [-0.1, -0.05) is 78.4 Å². The van der Waals surface area contributed by atoms with Gasteiger partial charge < -0.3 is 0 Å². The second kappa shape index (κ2) is 8.08.